The highest BCUT2D eigenvalue weighted by atomic mass is 16.5. The average molecular weight is 225 g/mol. The van der Waals surface area contributed by atoms with E-state index in [2.05, 4.69) is 28.9 Å². The number of aliphatic hydroxyl groups excluding tert-OH is 1. The molecule has 0 radical (unpaired) electrons. The van der Waals surface area contributed by atoms with Gasteiger partial charge in [0.05, 0.1) is 12.6 Å². The first-order valence-corrected chi connectivity index (χ1v) is 5.85. The first kappa shape index (κ1) is 11.5. The molecule has 2 heterocycles. The van der Waals surface area contributed by atoms with Gasteiger partial charge >= 0.3 is 0 Å². The molecule has 0 aliphatic carbocycles. The zero-order valence-corrected chi connectivity index (χ0v) is 9.89. The Bertz CT molecular complexity index is 338. The minimum absolute atomic E-state index is 0.193. The van der Waals surface area contributed by atoms with Crippen LogP contribution in [-0.2, 0) is 13.0 Å². The van der Waals surface area contributed by atoms with Gasteiger partial charge in [0.1, 0.15) is 0 Å². The molecule has 1 atom stereocenters. The Labute approximate surface area is 95.4 Å². The molecule has 1 aromatic rings. The summed E-state index contributed by atoms with van der Waals surface area (Å²) in [5.74, 6) is 1.97. The normalized spacial score (nSPS) is 22.1. The van der Waals surface area contributed by atoms with E-state index in [4.69, 9.17) is 4.52 Å². The van der Waals surface area contributed by atoms with Crippen molar-refractivity contribution in [2.75, 3.05) is 13.1 Å². The molecule has 0 saturated carbocycles. The molecule has 5 nitrogen and oxygen atoms in total. The van der Waals surface area contributed by atoms with E-state index in [0.717, 1.165) is 25.2 Å². The maximum Gasteiger partial charge on any atom is 0.226 e. The lowest BCUT2D eigenvalue weighted by Gasteiger charge is -2.10. The Morgan fingerprint density at radius 3 is 3.00 bits per heavy atom. The molecule has 0 spiro atoms. The van der Waals surface area contributed by atoms with Crippen LogP contribution in [0.15, 0.2) is 4.52 Å². The van der Waals surface area contributed by atoms with Crippen LogP contribution >= 0.6 is 0 Å². The molecule has 1 N–H and O–H groups in total. The Hall–Kier alpha value is -0.940. The summed E-state index contributed by atoms with van der Waals surface area (Å²) < 4.78 is 5.16. The van der Waals surface area contributed by atoms with Crippen LogP contribution < -0.4 is 0 Å². The Balaban J connectivity index is 1.87. The number of aromatic nitrogens is 2. The third kappa shape index (κ3) is 3.02. The van der Waals surface area contributed by atoms with Crippen molar-refractivity contribution in [3.8, 4) is 0 Å². The minimum atomic E-state index is -0.193. The van der Waals surface area contributed by atoms with Crippen LogP contribution in [0.3, 0.4) is 0 Å². The van der Waals surface area contributed by atoms with E-state index in [0.29, 0.717) is 24.9 Å². The third-order valence-electron chi connectivity index (χ3n) is 2.71. The monoisotopic (exact) mass is 225 g/mol. The SMILES string of the molecule is CC(C)Cc1nc(CN2CC[C@H](O)C2)no1. The molecule has 1 saturated heterocycles. The zero-order chi connectivity index (χ0) is 11.5. The number of hydrogen-bond acceptors (Lipinski definition) is 5. The summed E-state index contributed by atoms with van der Waals surface area (Å²) in [6, 6.07) is 0. The van der Waals surface area contributed by atoms with Gasteiger partial charge in [-0.05, 0) is 12.3 Å². The van der Waals surface area contributed by atoms with Crippen LogP contribution in [0.5, 0.6) is 0 Å². The van der Waals surface area contributed by atoms with Crippen LogP contribution in [-0.4, -0.2) is 39.3 Å². The van der Waals surface area contributed by atoms with Gasteiger partial charge in [-0.15, -0.1) is 0 Å². The van der Waals surface area contributed by atoms with E-state index in [-0.39, 0.29) is 6.10 Å². The molecular formula is C11H19N3O2. The lowest BCUT2D eigenvalue weighted by atomic mass is 10.1. The minimum Gasteiger partial charge on any atom is -0.392 e. The van der Waals surface area contributed by atoms with Gasteiger partial charge in [-0.2, -0.15) is 4.98 Å². The summed E-state index contributed by atoms with van der Waals surface area (Å²) in [5, 5.41) is 13.3. The van der Waals surface area contributed by atoms with E-state index >= 15 is 0 Å². The summed E-state index contributed by atoms with van der Waals surface area (Å²) in [5.41, 5.74) is 0. The quantitative estimate of drug-likeness (QED) is 0.822. The van der Waals surface area contributed by atoms with E-state index < -0.39 is 0 Å². The van der Waals surface area contributed by atoms with Gasteiger partial charge < -0.3 is 9.63 Å². The standard InChI is InChI=1S/C11H19N3O2/c1-8(2)5-11-12-10(13-16-11)7-14-4-3-9(15)6-14/h8-9,15H,3-7H2,1-2H3/t9-/m0/s1. The molecule has 90 valence electrons. The van der Waals surface area contributed by atoms with Crippen molar-refractivity contribution in [1.29, 1.82) is 0 Å². The lowest BCUT2D eigenvalue weighted by molar-refractivity contribution is 0.173. The average Bonchev–Trinajstić information content (AvgIpc) is 2.76. The van der Waals surface area contributed by atoms with Crippen LogP contribution in [0.4, 0.5) is 0 Å². The van der Waals surface area contributed by atoms with Crippen LogP contribution in [0.1, 0.15) is 32.0 Å². The first-order chi connectivity index (χ1) is 7.63. The molecule has 1 aliphatic heterocycles. The van der Waals surface area contributed by atoms with Gasteiger partial charge in [0.15, 0.2) is 5.82 Å². The molecule has 1 aliphatic rings. The number of rotatable bonds is 4. The van der Waals surface area contributed by atoms with E-state index in [9.17, 15) is 5.11 Å². The number of nitrogens with zero attached hydrogens (tertiary/aromatic N) is 3. The summed E-state index contributed by atoms with van der Waals surface area (Å²) >= 11 is 0. The summed E-state index contributed by atoms with van der Waals surface area (Å²) in [6.45, 7) is 6.56. The van der Waals surface area contributed by atoms with Crippen molar-refractivity contribution >= 4 is 0 Å². The smallest absolute Gasteiger partial charge is 0.226 e. The highest BCUT2D eigenvalue weighted by Gasteiger charge is 2.21. The molecule has 1 aromatic heterocycles. The number of aliphatic hydroxyl groups is 1. The largest absolute Gasteiger partial charge is 0.392 e. The van der Waals surface area contributed by atoms with Crippen molar-refractivity contribution < 1.29 is 9.63 Å². The van der Waals surface area contributed by atoms with Crippen molar-refractivity contribution in [3.05, 3.63) is 11.7 Å². The van der Waals surface area contributed by atoms with Crippen LogP contribution in [0.2, 0.25) is 0 Å². The van der Waals surface area contributed by atoms with Crippen molar-refractivity contribution in [2.24, 2.45) is 5.92 Å². The molecule has 0 unspecified atom stereocenters. The molecule has 16 heavy (non-hydrogen) atoms. The van der Waals surface area contributed by atoms with E-state index in [1.165, 1.54) is 0 Å². The molecular weight excluding hydrogens is 206 g/mol. The molecule has 5 heteroatoms. The summed E-state index contributed by atoms with van der Waals surface area (Å²) in [7, 11) is 0. The van der Waals surface area contributed by atoms with Gasteiger partial charge in [0.25, 0.3) is 0 Å². The molecule has 2 rings (SSSR count). The number of likely N-dealkylation sites (tertiary alicyclic amines) is 1. The molecule has 0 amide bonds. The fraction of sp³-hybridized carbons (Fsp3) is 0.818. The fourth-order valence-corrected chi connectivity index (χ4v) is 1.94. The van der Waals surface area contributed by atoms with Gasteiger partial charge in [-0.25, -0.2) is 0 Å². The second kappa shape index (κ2) is 4.93. The summed E-state index contributed by atoms with van der Waals surface area (Å²) in [4.78, 5) is 6.49. The van der Waals surface area contributed by atoms with Crippen LogP contribution in [0, 0.1) is 5.92 Å². The van der Waals surface area contributed by atoms with Crippen molar-refractivity contribution in [1.82, 2.24) is 15.0 Å². The third-order valence-corrected chi connectivity index (χ3v) is 2.71. The predicted octanol–water partition coefficient (Wildman–Crippen LogP) is 0.835. The van der Waals surface area contributed by atoms with Crippen molar-refractivity contribution in [3.63, 3.8) is 0 Å². The highest BCUT2D eigenvalue weighted by Crippen LogP contribution is 2.12. The summed E-state index contributed by atoms with van der Waals surface area (Å²) in [6.07, 6.45) is 1.48. The van der Waals surface area contributed by atoms with Gasteiger partial charge in [-0.1, -0.05) is 19.0 Å². The van der Waals surface area contributed by atoms with Crippen molar-refractivity contribution in [2.45, 2.75) is 39.3 Å². The highest BCUT2D eigenvalue weighted by molar-refractivity contribution is 4.89. The van der Waals surface area contributed by atoms with E-state index in [1.807, 2.05) is 0 Å². The second-order valence-corrected chi connectivity index (χ2v) is 4.88. The maximum atomic E-state index is 9.40. The topological polar surface area (TPSA) is 62.4 Å². The molecule has 1 fully saturated rings. The second-order valence-electron chi connectivity index (χ2n) is 4.88. The zero-order valence-electron chi connectivity index (χ0n) is 9.89. The number of β-amino-alcohol motifs (C(OH)–C–C–N with tert-alkyl or cyclic N) is 1. The van der Waals surface area contributed by atoms with Gasteiger partial charge in [0.2, 0.25) is 5.89 Å². The van der Waals surface area contributed by atoms with Gasteiger partial charge in [-0.3, -0.25) is 4.90 Å². The molecule has 0 bridgehead atoms. The van der Waals surface area contributed by atoms with Gasteiger partial charge in [0, 0.05) is 19.5 Å². The van der Waals surface area contributed by atoms with E-state index in [1.54, 1.807) is 0 Å². The fourth-order valence-electron chi connectivity index (χ4n) is 1.94. The van der Waals surface area contributed by atoms with Crippen LogP contribution in [0.25, 0.3) is 0 Å². The Morgan fingerprint density at radius 1 is 1.56 bits per heavy atom. The lowest BCUT2D eigenvalue weighted by Crippen LogP contribution is -2.22. The molecule has 0 aromatic carbocycles. The first-order valence-electron chi connectivity index (χ1n) is 5.85. The maximum absolute atomic E-state index is 9.40. The Kier molecular flexibility index (Phi) is 3.56. The Morgan fingerprint density at radius 2 is 2.38 bits per heavy atom. The predicted molar refractivity (Wildman–Crippen MR) is 58.7 cm³/mol. The number of hydrogen-bond donors (Lipinski definition) is 1.